The van der Waals surface area contributed by atoms with Gasteiger partial charge in [0, 0.05) is 13.1 Å². The van der Waals surface area contributed by atoms with Crippen LogP contribution in [-0.4, -0.2) is 53.4 Å². The Morgan fingerprint density at radius 1 is 1.42 bits per heavy atom. The normalized spacial score (nSPS) is 19.5. The number of fused-ring (bicyclic) bond motifs is 1. The van der Waals surface area contributed by atoms with Crippen molar-refractivity contribution in [1.29, 1.82) is 0 Å². The van der Waals surface area contributed by atoms with E-state index in [0.717, 1.165) is 5.56 Å². The first-order valence-electron chi connectivity index (χ1n) is 7.69. The van der Waals surface area contributed by atoms with Gasteiger partial charge in [0.1, 0.15) is 6.54 Å². The van der Waals surface area contributed by atoms with E-state index in [2.05, 4.69) is 4.98 Å². The molecule has 1 aliphatic rings. The standard InChI is InChI=1S/C16H19N3O4S/c1-11-3-4-14-13(7-11)16(21)19(10-17-14)8-15(20)18(2)12-5-6-24(22,23)9-12/h3-4,7,10,12H,5-6,8-9H2,1-2H3/t12-/m1/s1. The molecule has 0 saturated carbocycles. The molecular weight excluding hydrogens is 330 g/mol. The summed E-state index contributed by atoms with van der Waals surface area (Å²) in [6.07, 6.45) is 1.80. The van der Waals surface area contributed by atoms with Gasteiger partial charge in [0.25, 0.3) is 5.56 Å². The number of likely N-dealkylation sites (N-methyl/N-ethyl adjacent to an activating group) is 1. The Labute approximate surface area is 139 Å². The lowest BCUT2D eigenvalue weighted by Crippen LogP contribution is -2.41. The van der Waals surface area contributed by atoms with Crippen LogP contribution < -0.4 is 5.56 Å². The topological polar surface area (TPSA) is 89.3 Å². The Hall–Kier alpha value is -2.22. The van der Waals surface area contributed by atoms with Gasteiger partial charge in [0.15, 0.2) is 9.84 Å². The number of amides is 1. The minimum atomic E-state index is -3.06. The number of hydrogen-bond donors (Lipinski definition) is 0. The average molecular weight is 349 g/mol. The van der Waals surface area contributed by atoms with Crippen LogP contribution >= 0.6 is 0 Å². The first kappa shape index (κ1) is 16.6. The number of hydrogen-bond acceptors (Lipinski definition) is 5. The summed E-state index contributed by atoms with van der Waals surface area (Å²) in [5, 5.41) is 0.469. The van der Waals surface area contributed by atoms with E-state index in [1.54, 1.807) is 19.2 Å². The summed E-state index contributed by atoms with van der Waals surface area (Å²) >= 11 is 0. The first-order valence-corrected chi connectivity index (χ1v) is 9.51. The van der Waals surface area contributed by atoms with Crippen molar-refractivity contribution in [3.8, 4) is 0 Å². The predicted molar refractivity (Wildman–Crippen MR) is 90.6 cm³/mol. The quantitative estimate of drug-likeness (QED) is 0.798. The molecule has 1 atom stereocenters. The molecule has 0 N–H and O–H groups in total. The van der Waals surface area contributed by atoms with Crippen LogP contribution in [0.5, 0.6) is 0 Å². The van der Waals surface area contributed by atoms with Gasteiger partial charge in [-0.1, -0.05) is 11.6 Å². The fourth-order valence-corrected chi connectivity index (χ4v) is 4.70. The van der Waals surface area contributed by atoms with E-state index < -0.39 is 9.84 Å². The minimum Gasteiger partial charge on any atom is -0.340 e. The van der Waals surface area contributed by atoms with Crippen LogP contribution in [0.4, 0.5) is 0 Å². The Morgan fingerprint density at radius 3 is 2.83 bits per heavy atom. The number of aromatic nitrogens is 2. The second-order valence-electron chi connectivity index (χ2n) is 6.26. The molecular formula is C16H19N3O4S. The monoisotopic (exact) mass is 349 g/mol. The molecule has 1 fully saturated rings. The van der Waals surface area contributed by atoms with Crippen LogP contribution in [0.15, 0.2) is 29.3 Å². The van der Waals surface area contributed by atoms with Crippen molar-refractivity contribution >= 4 is 26.6 Å². The minimum absolute atomic E-state index is 0.0146. The molecule has 0 bridgehead atoms. The van der Waals surface area contributed by atoms with Crippen LogP contribution in [0.2, 0.25) is 0 Å². The molecule has 1 amide bonds. The van der Waals surface area contributed by atoms with Gasteiger partial charge in [-0.25, -0.2) is 13.4 Å². The zero-order valence-electron chi connectivity index (χ0n) is 13.6. The molecule has 128 valence electrons. The van der Waals surface area contributed by atoms with Gasteiger partial charge in [-0.05, 0) is 25.5 Å². The smallest absolute Gasteiger partial charge is 0.261 e. The molecule has 1 aromatic carbocycles. The Balaban J connectivity index is 1.83. The summed E-state index contributed by atoms with van der Waals surface area (Å²) in [6.45, 7) is 1.73. The van der Waals surface area contributed by atoms with Crippen molar-refractivity contribution in [3.05, 3.63) is 40.4 Å². The maximum Gasteiger partial charge on any atom is 0.261 e. The highest BCUT2D eigenvalue weighted by molar-refractivity contribution is 7.91. The maximum absolute atomic E-state index is 12.5. The lowest BCUT2D eigenvalue weighted by Gasteiger charge is -2.23. The summed E-state index contributed by atoms with van der Waals surface area (Å²) in [4.78, 5) is 30.6. The van der Waals surface area contributed by atoms with Gasteiger partial charge < -0.3 is 4.90 Å². The molecule has 1 aliphatic heterocycles. The second kappa shape index (κ2) is 6.01. The zero-order chi connectivity index (χ0) is 17.5. The molecule has 1 aromatic heterocycles. The summed E-state index contributed by atoms with van der Waals surface area (Å²) < 4.78 is 24.4. The fraction of sp³-hybridized carbons (Fsp3) is 0.438. The number of benzene rings is 1. The lowest BCUT2D eigenvalue weighted by atomic mass is 10.2. The third kappa shape index (κ3) is 3.19. The van der Waals surface area contributed by atoms with E-state index in [0.29, 0.717) is 17.3 Å². The van der Waals surface area contributed by atoms with Crippen LogP contribution in [0.25, 0.3) is 10.9 Å². The van der Waals surface area contributed by atoms with Crippen LogP contribution in [0.3, 0.4) is 0 Å². The molecule has 0 unspecified atom stereocenters. The van der Waals surface area contributed by atoms with Gasteiger partial charge in [-0.3, -0.25) is 14.2 Å². The number of sulfone groups is 1. The van der Waals surface area contributed by atoms with Gasteiger partial charge >= 0.3 is 0 Å². The Bertz CT molecular complexity index is 965. The summed E-state index contributed by atoms with van der Waals surface area (Å²) in [5.74, 6) is -0.210. The molecule has 7 nitrogen and oxygen atoms in total. The SMILES string of the molecule is Cc1ccc2ncn(CC(=O)N(C)[C@@H]3CCS(=O)(=O)C3)c(=O)c2c1. The van der Waals surface area contributed by atoms with E-state index in [1.807, 2.05) is 13.0 Å². The third-order valence-electron chi connectivity index (χ3n) is 4.43. The van der Waals surface area contributed by atoms with Gasteiger partial charge in [0.05, 0.1) is 28.7 Å². The van der Waals surface area contributed by atoms with Crippen molar-refractivity contribution in [3.63, 3.8) is 0 Å². The highest BCUT2D eigenvalue weighted by Gasteiger charge is 2.32. The maximum atomic E-state index is 12.5. The molecule has 0 radical (unpaired) electrons. The van der Waals surface area contributed by atoms with E-state index in [1.165, 1.54) is 15.8 Å². The molecule has 1 saturated heterocycles. The van der Waals surface area contributed by atoms with E-state index in [9.17, 15) is 18.0 Å². The summed E-state index contributed by atoms with van der Waals surface area (Å²) in [5.41, 5.74) is 1.26. The number of rotatable bonds is 3. The molecule has 24 heavy (non-hydrogen) atoms. The van der Waals surface area contributed by atoms with E-state index >= 15 is 0 Å². The van der Waals surface area contributed by atoms with Crippen molar-refractivity contribution in [2.24, 2.45) is 0 Å². The Kier molecular flexibility index (Phi) is 4.16. The van der Waals surface area contributed by atoms with Crippen molar-refractivity contribution in [1.82, 2.24) is 14.5 Å². The fourth-order valence-electron chi connectivity index (χ4n) is 2.93. The molecule has 0 aliphatic carbocycles. The highest BCUT2D eigenvalue weighted by Crippen LogP contribution is 2.17. The number of nitrogens with zero attached hydrogens (tertiary/aromatic N) is 3. The lowest BCUT2D eigenvalue weighted by molar-refractivity contribution is -0.132. The molecule has 8 heteroatoms. The van der Waals surface area contributed by atoms with Crippen LogP contribution in [0, 0.1) is 6.92 Å². The number of carbonyl (C=O) groups excluding carboxylic acids is 1. The summed E-state index contributed by atoms with van der Waals surface area (Å²) in [6, 6.07) is 5.07. The average Bonchev–Trinajstić information content (AvgIpc) is 2.89. The van der Waals surface area contributed by atoms with E-state index in [4.69, 9.17) is 0 Å². The predicted octanol–water partition coefficient (Wildman–Crippen LogP) is 0.350. The van der Waals surface area contributed by atoms with Crippen LogP contribution in [0.1, 0.15) is 12.0 Å². The number of aryl methyl sites for hydroxylation is 1. The largest absolute Gasteiger partial charge is 0.340 e. The zero-order valence-corrected chi connectivity index (χ0v) is 14.4. The molecule has 2 aromatic rings. The van der Waals surface area contributed by atoms with Gasteiger partial charge in [-0.15, -0.1) is 0 Å². The number of carbonyl (C=O) groups is 1. The Morgan fingerprint density at radius 2 is 2.17 bits per heavy atom. The highest BCUT2D eigenvalue weighted by atomic mass is 32.2. The second-order valence-corrected chi connectivity index (χ2v) is 8.49. The molecule has 2 heterocycles. The van der Waals surface area contributed by atoms with Crippen molar-refractivity contribution < 1.29 is 13.2 Å². The third-order valence-corrected chi connectivity index (χ3v) is 6.19. The summed E-state index contributed by atoms with van der Waals surface area (Å²) in [7, 11) is -1.48. The van der Waals surface area contributed by atoms with Gasteiger partial charge in [-0.2, -0.15) is 0 Å². The van der Waals surface area contributed by atoms with Crippen molar-refractivity contribution in [2.75, 3.05) is 18.6 Å². The first-order chi connectivity index (χ1) is 11.3. The van der Waals surface area contributed by atoms with E-state index in [-0.39, 0.29) is 35.6 Å². The van der Waals surface area contributed by atoms with Gasteiger partial charge in [0.2, 0.25) is 5.91 Å². The molecule has 0 spiro atoms. The van der Waals surface area contributed by atoms with Crippen molar-refractivity contribution in [2.45, 2.75) is 25.9 Å². The molecule has 3 rings (SSSR count). The van der Waals surface area contributed by atoms with Crippen LogP contribution in [-0.2, 0) is 21.2 Å².